The molecule has 1 saturated carbocycles. The molecule has 3 rings (SSSR count). The van der Waals surface area contributed by atoms with E-state index in [0.29, 0.717) is 29.7 Å². The van der Waals surface area contributed by atoms with Gasteiger partial charge in [-0.3, -0.25) is 0 Å². The molecule has 1 heterocycles. The van der Waals surface area contributed by atoms with Crippen LogP contribution >= 0.6 is 11.6 Å². The minimum Gasteiger partial charge on any atom is -0.486 e. The zero-order valence-electron chi connectivity index (χ0n) is 10.4. The number of rotatable bonds is 2. The molecule has 4 nitrogen and oxygen atoms in total. The lowest BCUT2D eigenvalue weighted by molar-refractivity contribution is 0.171. The average Bonchev–Trinajstić information content (AvgIpc) is 2.88. The first-order chi connectivity index (χ1) is 9.25. The molecule has 1 aliphatic carbocycles. The van der Waals surface area contributed by atoms with Crippen LogP contribution in [0.4, 0.5) is 0 Å². The largest absolute Gasteiger partial charge is 0.486 e. The fourth-order valence-electron chi connectivity index (χ4n) is 2.91. The Balaban J connectivity index is 2.10. The molecule has 0 radical (unpaired) electrons. The van der Waals surface area contributed by atoms with Gasteiger partial charge in [0.25, 0.3) is 0 Å². The molecule has 100 valence electrons. The summed E-state index contributed by atoms with van der Waals surface area (Å²) in [5, 5.41) is 0.574. The number of hydrogen-bond donors (Lipinski definition) is 0. The molecule has 0 amide bonds. The molecule has 0 N–H and O–H groups in total. The Hall–Kier alpha value is -1.51. The monoisotopic (exact) mass is 279 g/mol. The fourth-order valence-corrected chi connectivity index (χ4v) is 3.24. The van der Waals surface area contributed by atoms with Crippen molar-refractivity contribution in [2.45, 2.75) is 31.2 Å². The number of carbonyl (C=O) groups excluding carboxylic acids is 1. The highest BCUT2D eigenvalue weighted by atomic mass is 35.5. The molecular weight excluding hydrogens is 266 g/mol. The standard InChI is InChI=1S/C14H14ClNO3/c15-11-8-13-12(18-5-6-19-13)7-10(11)14(16-9-17)3-1-2-4-14/h7-8H,1-6H2. The zero-order chi connectivity index (χ0) is 13.3. The lowest BCUT2D eigenvalue weighted by atomic mass is 9.88. The Morgan fingerprint density at radius 3 is 2.42 bits per heavy atom. The summed E-state index contributed by atoms with van der Waals surface area (Å²) in [6, 6.07) is 3.62. The van der Waals surface area contributed by atoms with Crippen molar-refractivity contribution in [3.05, 3.63) is 22.7 Å². The smallest absolute Gasteiger partial charge is 0.235 e. The van der Waals surface area contributed by atoms with Crippen molar-refractivity contribution in [2.75, 3.05) is 13.2 Å². The van der Waals surface area contributed by atoms with E-state index in [9.17, 15) is 4.79 Å². The van der Waals surface area contributed by atoms with Gasteiger partial charge < -0.3 is 9.47 Å². The van der Waals surface area contributed by atoms with Gasteiger partial charge in [-0.1, -0.05) is 24.4 Å². The zero-order valence-corrected chi connectivity index (χ0v) is 11.2. The van der Waals surface area contributed by atoms with E-state index in [0.717, 1.165) is 31.2 Å². The summed E-state index contributed by atoms with van der Waals surface area (Å²) in [6.07, 6.45) is 5.42. The van der Waals surface area contributed by atoms with Crippen molar-refractivity contribution in [1.29, 1.82) is 0 Å². The first-order valence-electron chi connectivity index (χ1n) is 6.44. The van der Waals surface area contributed by atoms with E-state index in [-0.39, 0.29) is 0 Å². The lowest BCUT2D eigenvalue weighted by Crippen LogP contribution is -2.21. The fraction of sp³-hybridized carbons (Fsp3) is 0.500. The first kappa shape index (κ1) is 12.5. The summed E-state index contributed by atoms with van der Waals surface area (Å²) in [7, 11) is 0. The van der Waals surface area contributed by atoms with Gasteiger partial charge in [0, 0.05) is 11.6 Å². The van der Waals surface area contributed by atoms with Gasteiger partial charge in [-0.25, -0.2) is 4.79 Å². The van der Waals surface area contributed by atoms with Crippen LogP contribution in [0, 0.1) is 0 Å². The van der Waals surface area contributed by atoms with Crippen molar-refractivity contribution in [1.82, 2.24) is 0 Å². The van der Waals surface area contributed by atoms with Crippen LogP contribution in [0.3, 0.4) is 0 Å². The van der Waals surface area contributed by atoms with Crippen molar-refractivity contribution in [3.63, 3.8) is 0 Å². The third-order valence-corrected chi connectivity index (χ3v) is 4.14. The van der Waals surface area contributed by atoms with E-state index in [1.165, 1.54) is 0 Å². The van der Waals surface area contributed by atoms with Crippen LogP contribution in [0.1, 0.15) is 31.2 Å². The van der Waals surface area contributed by atoms with E-state index in [1.807, 2.05) is 6.07 Å². The quantitative estimate of drug-likeness (QED) is 0.617. The maximum Gasteiger partial charge on any atom is 0.235 e. The molecule has 0 unspecified atom stereocenters. The maximum absolute atomic E-state index is 10.7. The summed E-state index contributed by atoms with van der Waals surface area (Å²) in [5.74, 6) is 1.33. The van der Waals surface area contributed by atoms with Crippen molar-refractivity contribution in [3.8, 4) is 11.5 Å². The summed E-state index contributed by atoms with van der Waals surface area (Å²) < 4.78 is 11.1. The molecule has 0 saturated heterocycles. The van der Waals surface area contributed by atoms with Gasteiger partial charge in [-0.05, 0) is 18.9 Å². The van der Waals surface area contributed by atoms with Gasteiger partial charge in [0.1, 0.15) is 13.2 Å². The normalized spacial score (nSPS) is 19.8. The second-order valence-corrected chi connectivity index (χ2v) is 5.32. The topological polar surface area (TPSA) is 47.9 Å². The van der Waals surface area contributed by atoms with E-state index < -0.39 is 5.54 Å². The molecule has 0 aromatic heterocycles. The summed E-state index contributed by atoms with van der Waals surface area (Å²) in [4.78, 5) is 14.8. The third-order valence-electron chi connectivity index (χ3n) is 3.82. The van der Waals surface area contributed by atoms with Crippen molar-refractivity contribution >= 4 is 17.7 Å². The molecule has 5 heteroatoms. The highest BCUT2D eigenvalue weighted by Gasteiger charge is 2.38. The third kappa shape index (κ3) is 2.11. The van der Waals surface area contributed by atoms with E-state index >= 15 is 0 Å². The van der Waals surface area contributed by atoms with Gasteiger partial charge in [0.2, 0.25) is 6.08 Å². The number of aliphatic imine (C=N–C) groups is 1. The van der Waals surface area contributed by atoms with Crippen LogP contribution in [-0.2, 0) is 10.3 Å². The highest BCUT2D eigenvalue weighted by Crippen LogP contribution is 2.48. The molecule has 0 atom stereocenters. The van der Waals surface area contributed by atoms with Gasteiger partial charge in [0.05, 0.1) is 10.6 Å². The predicted octanol–water partition coefficient (Wildman–Crippen LogP) is 3.22. The van der Waals surface area contributed by atoms with Crippen LogP contribution in [-0.4, -0.2) is 19.3 Å². The van der Waals surface area contributed by atoms with Gasteiger partial charge >= 0.3 is 0 Å². The minimum absolute atomic E-state index is 0.526. The predicted molar refractivity (Wildman–Crippen MR) is 70.7 cm³/mol. The summed E-state index contributed by atoms with van der Waals surface area (Å²) in [5.41, 5.74) is 0.313. The molecule has 1 fully saturated rings. The number of isocyanates is 1. The Bertz CT molecular complexity index is 546. The van der Waals surface area contributed by atoms with Crippen LogP contribution in [0.2, 0.25) is 5.02 Å². The number of nitrogens with zero attached hydrogens (tertiary/aromatic N) is 1. The first-order valence-corrected chi connectivity index (χ1v) is 6.82. The van der Waals surface area contributed by atoms with E-state index in [2.05, 4.69) is 4.99 Å². The number of hydrogen-bond acceptors (Lipinski definition) is 4. The van der Waals surface area contributed by atoms with Gasteiger partial charge in [0.15, 0.2) is 11.5 Å². The summed E-state index contributed by atoms with van der Waals surface area (Å²) >= 11 is 6.34. The SMILES string of the molecule is O=C=NC1(c2cc3c(cc2Cl)OCCO3)CCCC1. The van der Waals surface area contributed by atoms with Crippen LogP contribution < -0.4 is 9.47 Å². The number of ether oxygens (including phenoxy) is 2. The van der Waals surface area contributed by atoms with Gasteiger partial charge in [-0.15, -0.1) is 0 Å². The Morgan fingerprint density at radius 1 is 1.16 bits per heavy atom. The number of halogens is 1. The summed E-state index contributed by atoms with van der Waals surface area (Å²) in [6.45, 7) is 1.05. The Labute approximate surface area is 116 Å². The molecule has 19 heavy (non-hydrogen) atoms. The second kappa shape index (κ2) is 4.87. The van der Waals surface area contributed by atoms with Crippen molar-refractivity contribution < 1.29 is 14.3 Å². The van der Waals surface area contributed by atoms with E-state index in [4.69, 9.17) is 21.1 Å². The highest BCUT2D eigenvalue weighted by molar-refractivity contribution is 6.31. The molecule has 0 bridgehead atoms. The molecular formula is C14H14ClNO3. The Morgan fingerprint density at radius 2 is 1.79 bits per heavy atom. The Kier molecular flexibility index (Phi) is 3.21. The van der Waals surface area contributed by atoms with Crippen LogP contribution in [0.15, 0.2) is 17.1 Å². The van der Waals surface area contributed by atoms with Crippen molar-refractivity contribution in [2.24, 2.45) is 4.99 Å². The number of fused-ring (bicyclic) bond motifs is 1. The van der Waals surface area contributed by atoms with Crippen LogP contribution in [0.25, 0.3) is 0 Å². The second-order valence-electron chi connectivity index (χ2n) is 4.92. The minimum atomic E-state index is -0.533. The molecule has 1 aromatic rings. The molecule has 0 spiro atoms. The average molecular weight is 280 g/mol. The van der Waals surface area contributed by atoms with E-state index in [1.54, 1.807) is 12.1 Å². The van der Waals surface area contributed by atoms with Crippen LogP contribution in [0.5, 0.6) is 11.5 Å². The maximum atomic E-state index is 10.7. The number of benzene rings is 1. The molecule has 2 aliphatic rings. The lowest BCUT2D eigenvalue weighted by Gasteiger charge is -2.27. The molecule has 1 aromatic carbocycles. The molecule has 1 aliphatic heterocycles. The van der Waals surface area contributed by atoms with Gasteiger partial charge in [-0.2, -0.15) is 4.99 Å².